The lowest BCUT2D eigenvalue weighted by molar-refractivity contribution is -0.156. The van der Waals surface area contributed by atoms with Gasteiger partial charge < -0.3 is 14.2 Å². The van der Waals surface area contributed by atoms with Gasteiger partial charge in [0.2, 0.25) is 0 Å². The maximum Gasteiger partial charge on any atom is 0.322 e. The minimum Gasteiger partial charge on any atom is -0.465 e. The lowest BCUT2D eigenvalue weighted by atomic mass is 9.83. The average Bonchev–Trinajstić information content (AvgIpc) is 2.99. The van der Waals surface area contributed by atoms with Crippen molar-refractivity contribution in [1.29, 1.82) is 0 Å². The van der Waals surface area contributed by atoms with E-state index in [-0.39, 0.29) is 37.3 Å². The van der Waals surface area contributed by atoms with Crippen molar-refractivity contribution >= 4 is 80.9 Å². The van der Waals surface area contributed by atoms with Crippen molar-refractivity contribution in [2.75, 3.05) is 26.9 Å². The first kappa shape index (κ1) is 32.1. The number of pyridine rings is 1. The minimum atomic E-state index is -1.05. The zero-order valence-corrected chi connectivity index (χ0v) is 27.8. The Morgan fingerprint density at radius 1 is 0.750 bits per heavy atom. The number of ether oxygens (including phenoxy) is 3. The van der Waals surface area contributed by atoms with Gasteiger partial charge in [0.1, 0.15) is 10.9 Å². The van der Waals surface area contributed by atoms with E-state index < -0.39 is 21.7 Å². The maximum atomic E-state index is 13.5. The molecule has 0 bridgehead atoms. The van der Waals surface area contributed by atoms with E-state index in [2.05, 4.69) is 28.1 Å². The molecule has 0 N–H and O–H groups in total. The van der Waals surface area contributed by atoms with Gasteiger partial charge in [0.25, 0.3) is 11.1 Å². The molecule has 232 valence electrons. The van der Waals surface area contributed by atoms with Crippen molar-refractivity contribution in [3.05, 3.63) is 69.2 Å². The number of rotatable bonds is 13. The fraction of sp³-hybridized carbons (Fsp3) is 0.412. The Morgan fingerprint density at radius 3 is 2.14 bits per heavy atom. The molecule has 44 heavy (non-hydrogen) atoms. The molecular weight excluding hydrogens is 646 g/mol. The summed E-state index contributed by atoms with van der Waals surface area (Å²) < 4.78 is 18.1. The van der Waals surface area contributed by atoms with E-state index in [4.69, 9.17) is 14.2 Å². The van der Waals surface area contributed by atoms with Gasteiger partial charge in [0.05, 0.1) is 18.6 Å². The number of esters is 2. The second-order valence-electron chi connectivity index (χ2n) is 12.0. The molecule has 0 radical (unpaired) electrons. The van der Waals surface area contributed by atoms with Crippen LogP contribution in [0.2, 0.25) is 0 Å². The first-order chi connectivity index (χ1) is 21.0. The summed E-state index contributed by atoms with van der Waals surface area (Å²) in [6.45, 7) is 6.05. The number of carbonyl (C=O) groups is 2. The van der Waals surface area contributed by atoms with Crippen molar-refractivity contribution in [1.82, 2.24) is 4.57 Å². The molecule has 5 rings (SSSR count). The second kappa shape index (κ2) is 12.9. The Balaban J connectivity index is 1.21. The molecule has 10 heteroatoms. The van der Waals surface area contributed by atoms with Crippen LogP contribution in [0.4, 0.5) is 0 Å². The predicted molar refractivity (Wildman–Crippen MR) is 179 cm³/mol. The average molecular weight is 683 g/mol. The highest BCUT2D eigenvalue weighted by Crippen LogP contribution is 2.39. The third-order valence-corrected chi connectivity index (χ3v) is 9.74. The normalized spacial score (nSPS) is 13.6. The minimum absolute atomic E-state index is 0.133. The molecule has 1 unspecified atom stereocenters. The second-order valence-corrected chi connectivity index (χ2v) is 14.8. The maximum absolute atomic E-state index is 13.5. The summed E-state index contributed by atoms with van der Waals surface area (Å²) in [5, 5.41) is 4.98. The molecule has 0 aliphatic carbocycles. The molecule has 0 spiro atoms. The van der Waals surface area contributed by atoms with E-state index in [0.29, 0.717) is 36.6 Å². The number of unbranched alkanes of at least 4 members (excludes halogenated alkanes) is 2. The Labute approximate surface area is 267 Å². The van der Waals surface area contributed by atoms with Crippen LogP contribution in [-0.4, -0.2) is 47.8 Å². The molecule has 8 nitrogen and oxygen atoms in total. The highest BCUT2D eigenvalue weighted by Gasteiger charge is 2.42. The molecule has 0 saturated heterocycles. The number of nitrogens with zero attached hydrogens (tertiary/aromatic N) is 1. The number of hydrogen-bond donors (Lipinski definition) is 0. The van der Waals surface area contributed by atoms with Crippen LogP contribution >= 0.6 is 27.3 Å². The fourth-order valence-electron chi connectivity index (χ4n) is 5.86. The van der Waals surface area contributed by atoms with Crippen LogP contribution in [0.1, 0.15) is 46.5 Å². The number of benzene rings is 3. The van der Waals surface area contributed by atoms with Crippen LogP contribution in [0.5, 0.6) is 0 Å². The number of hydrogen-bond acceptors (Lipinski definition) is 8. The Bertz CT molecular complexity index is 1930. The molecule has 5 aromatic rings. The van der Waals surface area contributed by atoms with Crippen molar-refractivity contribution in [3.63, 3.8) is 0 Å². The molecular formula is C34H36BrNO7S. The summed E-state index contributed by atoms with van der Waals surface area (Å²) in [5.41, 5.74) is -1.48. The summed E-state index contributed by atoms with van der Waals surface area (Å²) in [6, 6.07) is 15.8. The standard InChI is InChI=1S/C34H36BrNO7S/c1-33(2,20-34(3,35)32(40)43-19-18-41-4)31(39)42-17-9-5-8-16-36-29(37)23-13-12-22-21-10-6-7-11-25(21)44-26-15-14-24(30(36)38)27(23)28(22)26/h6-7,10-15H,5,8-9,16-20H2,1-4H3. The van der Waals surface area contributed by atoms with E-state index in [9.17, 15) is 19.2 Å². The summed E-state index contributed by atoms with van der Waals surface area (Å²) in [7, 11) is 1.52. The molecule has 2 aromatic heterocycles. The van der Waals surface area contributed by atoms with E-state index in [1.165, 1.54) is 11.7 Å². The summed E-state index contributed by atoms with van der Waals surface area (Å²) in [5.74, 6) is -0.879. The molecule has 2 heterocycles. The Hall–Kier alpha value is -3.34. The molecule has 1 atom stereocenters. The zero-order valence-electron chi connectivity index (χ0n) is 25.4. The highest BCUT2D eigenvalue weighted by atomic mass is 79.9. The molecule has 0 saturated carbocycles. The molecule has 0 amide bonds. The van der Waals surface area contributed by atoms with Gasteiger partial charge in [-0.05, 0) is 81.5 Å². The van der Waals surface area contributed by atoms with E-state index in [0.717, 1.165) is 30.9 Å². The van der Waals surface area contributed by atoms with Crippen molar-refractivity contribution in [2.45, 2.75) is 57.3 Å². The van der Waals surface area contributed by atoms with Gasteiger partial charge in [-0.25, -0.2) is 0 Å². The first-order valence-electron chi connectivity index (χ1n) is 14.7. The summed E-state index contributed by atoms with van der Waals surface area (Å²) >= 11 is 5.07. The third kappa shape index (κ3) is 6.25. The van der Waals surface area contributed by atoms with Gasteiger partial charge in [-0.3, -0.25) is 23.7 Å². The van der Waals surface area contributed by atoms with Crippen LogP contribution in [0.3, 0.4) is 0 Å². The summed E-state index contributed by atoms with van der Waals surface area (Å²) in [4.78, 5) is 52.3. The van der Waals surface area contributed by atoms with Crippen LogP contribution in [0.15, 0.2) is 58.1 Å². The molecule has 3 aromatic carbocycles. The third-order valence-electron chi connectivity index (χ3n) is 8.00. The first-order valence-corrected chi connectivity index (χ1v) is 16.3. The van der Waals surface area contributed by atoms with E-state index >= 15 is 0 Å². The Morgan fingerprint density at radius 2 is 1.41 bits per heavy atom. The molecule has 0 aliphatic heterocycles. The number of fused-ring (bicyclic) bond motifs is 2. The van der Waals surface area contributed by atoms with Crippen molar-refractivity contribution in [2.24, 2.45) is 5.41 Å². The highest BCUT2D eigenvalue weighted by molar-refractivity contribution is 9.10. The predicted octanol–water partition coefficient (Wildman–Crippen LogP) is 6.79. The monoisotopic (exact) mass is 681 g/mol. The number of carbonyl (C=O) groups excluding carboxylic acids is 2. The number of alkyl halides is 1. The van der Waals surface area contributed by atoms with Crippen molar-refractivity contribution in [3.8, 4) is 0 Å². The molecule has 0 aliphatic rings. The number of aromatic nitrogens is 1. The van der Waals surface area contributed by atoms with Gasteiger partial charge in [0, 0.05) is 44.6 Å². The number of halogens is 1. The summed E-state index contributed by atoms with van der Waals surface area (Å²) in [6.07, 6.45) is 2.02. The van der Waals surface area contributed by atoms with Gasteiger partial charge in [0.15, 0.2) is 0 Å². The molecule has 0 fully saturated rings. The van der Waals surface area contributed by atoms with E-state index in [1.807, 2.05) is 36.4 Å². The zero-order chi connectivity index (χ0) is 31.6. The topological polar surface area (TPSA) is 101 Å². The van der Waals surface area contributed by atoms with Crippen LogP contribution in [-0.2, 0) is 30.3 Å². The fourth-order valence-corrected chi connectivity index (χ4v) is 7.80. The van der Waals surface area contributed by atoms with E-state index in [1.54, 1.807) is 32.1 Å². The quantitative estimate of drug-likeness (QED) is 0.0443. The van der Waals surface area contributed by atoms with Crippen LogP contribution in [0.25, 0.3) is 41.7 Å². The Kier molecular flexibility index (Phi) is 9.44. The van der Waals surface area contributed by atoms with Gasteiger partial charge in [-0.15, -0.1) is 11.3 Å². The van der Waals surface area contributed by atoms with Crippen molar-refractivity contribution < 1.29 is 23.8 Å². The smallest absolute Gasteiger partial charge is 0.322 e. The lowest BCUT2D eigenvalue weighted by Gasteiger charge is -2.30. The van der Waals surface area contributed by atoms with Crippen LogP contribution < -0.4 is 11.1 Å². The number of methoxy groups -OCH3 is 1. The van der Waals surface area contributed by atoms with Gasteiger partial charge >= 0.3 is 11.9 Å². The van der Waals surface area contributed by atoms with Gasteiger partial charge in [-0.1, -0.05) is 40.2 Å². The van der Waals surface area contributed by atoms with Gasteiger partial charge in [-0.2, -0.15) is 0 Å². The van der Waals surface area contributed by atoms with Crippen LogP contribution in [0, 0.1) is 5.41 Å². The largest absolute Gasteiger partial charge is 0.465 e. The lowest BCUT2D eigenvalue weighted by Crippen LogP contribution is -2.40. The SMILES string of the molecule is COCCOC(=O)C(C)(Br)CC(C)(C)C(=O)OCCCCCn1c(=O)c2ccc3sc4ccccc4c4ccc(c1=O)c2c34.